The van der Waals surface area contributed by atoms with Crippen LogP contribution in [-0.2, 0) is 4.79 Å². The first kappa shape index (κ1) is 18.3. The van der Waals surface area contributed by atoms with Gasteiger partial charge in [0.1, 0.15) is 5.75 Å². The summed E-state index contributed by atoms with van der Waals surface area (Å²) in [5.74, 6) is 1.20. The predicted molar refractivity (Wildman–Crippen MR) is 97.8 cm³/mol. The van der Waals surface area contributed by atoms with Crippen LogP contribution in [0.15, 0.2) is 28.5 Å². The van der Waals surface area contributed by atoms with Crippen molar-refractivity contribution in [2.75, 3.05) is 17.7 Å². The molecule has 0 saturated heterocycles. The number of thioether (sulfide) groups is 1. The smallest absolute Gasteiger partial charge is 0.264 e. The fourth-order valence-corrected chi connectivity index (χ4v) is 3.75. The highest BCUT2D eigenvalue weighted by molar-refractivity contribution is 8.01. The lowest BCUT2D eigenvalue weighted by Gasteiger charge is -2.09. The van der Waals surface area contributed by atoms with Crippen LogP contribution in [0.4, 0.5) is 5.13 Å². The molecular weight excluding hydrogens is 342 g/mol. The zero-order chi connectivity index (χ0) is 17.5. The van der Waals surface area contributed by atoms with Gasteiger partial charge >= 0.3 is 0 Å². The minimum atomic E-state index is -0.254. The van der Waals surface area contributed by atoms with E-state index in [4.69, 9.17) is 10.00 Å². The molecule has 1 aromatic heterocycles. The first-order chi connectivity index (χ1) is 11.5. The van der Waals surface area contributed by atoms with Crippen molar-refractivity contribution in [1.82, 2.24) is 4.98 Å². The summed E-state index contributed by atoms with van der Waals surface area (Å²) in [5.41, 5.74) is 1.99. The van der Waals surface area contributed by atoms with Gasteiger partial charge in [0.15, 0.2) is 11.7 Å². The number of nitrogens with one attached hydrogen (secondary N) is 1. The number of hydrogen-bond donors (Lipinski definition) is 1. The number of nitrogens with zero attached hydrogens (tertiary/aromatic N) is 2. The van der Waals surface area contributed by atoms with Crippen molar-refractivity contribution >= 4 is 34.1 Å². The number of benzene rings is 1. The van der Waals surface area contributed by atoms with Crippen LogP contribution in [0, 0.1) is 18.3 Å². The molecule has 2 aromatic rings. The quantitative estimate of drug-likeness (QED) is 0.748. The van der Waals surface area contributed by atoms with E-state index >= 15 is 0 Å². The SMILES string of the molecule is Cc1nc(NC(=O)COc2cccc(C(C)C)c2)sc1SCC#N. The summed E-state index contributed by atoms with van der Waals surface area (Å²) in [6.45, 7) is 6.01. The van der Waals surface area contributed by atoms with Gasteiger partial charge in [-0.2, -0.15) is 5.26 Å². The first-order valence-corrected chi connectivity index (χ1v) is 9.29. The molecule has 0 aliphatic carbocycles. The Bertz CT molecular complexity index is 751. The molecule has 0 aliphatic rings. The summed E-state index contributed by atoms with van der Waals surface area (Å²) >= 11 is 2.79. The maximum absolute atomic E-state index is 12.0. The van der Waals surface area contributed by atoms with Crippen LogP contribution in [0.25, 0.3) is 0 Å². The summed E-state index contributed by atoms with van der Waals surface area (Å²) < 4.78 is 6.49. The third kappa shape index (κ3) is 5.25. The number of ether oxygens (including phenoxy) is 1. The third-order valence-electron chi connectivity index (χ3n) is 3.16. The molecule has 1 N–H and O–H groups in total. The average Bonchev–Trinajstić information content (AvgIpc) is 2.90. The number of amides is 1. The lowest BCUT2D eigenvalue weighted by molar-refractivity contribution is -0.118. The number of rotatable bonds is 7. The molecule has 24 heavy (non-hydrogen) atoms. The number of carbonyl (C=O) groups excluding carboxylic acids is 1. The summed E-state index contributed by atoms with van der Waals surface area (Å²) in [6.07, 6.45) is 0. The molecular formula is C17H19N3O2S2. The second kappa shape index (κ2) is 8.71. The van der Waals surface area contributed by atoms with E-state index in [9.17, 15) is 4.79 Å². The molecule has 0 bridgehead atoms. The molecule has 0 aliphatic heterocycles. The Hall–Kier alpha value is -2.04. The topological polar surface area (TPSA) is 75.0 Å². The van der Waals surface area contributed by atoms with Crippen LogP contribution in [0.5, 0.6) is 5.75 Å². The van der Waals surface area contributed by atoms with Gasteiger partial charge in [-0.3, -0.25) is 10.1 Å². The highest BCUT2D eigenvalue weighted by atomic mass is 32.2. The number of anilines is 1. The van der Waals surface area contributed by atoms with Gasteiger partial charge in [-0.15, -0.1) is 0 Å². The first-order valence-electron chi connectivity index (χ1n) is 7.49. The normalized spacial score (nSPS) is 10.5. The molecule has 0 fully saturated rings. The molecule has 0 unspecified atom stereocenters. The van der Waals surface area contributed by atoms with E-state index in [1.165, 1.54) is 28.7 Å². The number of hydrogen-bond acceptors (Lipinski definition) is 6. The van der Waals surface area contributed by atoms with Gasteiger partial charge in [-0.25, -0.2) is 4.98 Å². The Morgan fingerprint density at radius 2 is 2.29 bits per heavy atom. The van der Waals surface area contributed by atoms with Crippen LogP contribution in [0.2, 0.25) is 0 Å². The van der Waals surface area contributed by atoms with Crippen molar-refractivity contribution < 1.29 is 9.53 Å². The van der Waals surface area contributed by atoms with Crippen LogP contribution < -0.4 is 10.1 Å². The maximum atomic E-state index is 12.0. The Morgan fingerprint density at radius 3 is 3.00 bits per heavy atom. The van der Waals surface area contributed by atoms with Crippen LogP contribution >= 0.6 is 23.1 Å². The molecule has 1 heterocycles. The number of carbonyl (C=O) groups is 1. The number of aryl methyl sites for hydroxylation is 1. The van der Waals surface area contributed by atoms with Crippen molar-refractivity contribution in [3.63, 3.8) is 0 Å². The third-order valence-corrected chi connectivity index (χ3v) is 5.46. The Balaban J connectivity index is 1.90. The van der Waals surface area contributed by atoms with Crippen LogP contribution in [0.3, 0.4) is 0 Å². The Kier molecular flexibility index (Phi) is 6.64. The lowest BCUT2D eigenvalue weighted by Crippen LogP contribution is -2.20. The highest BCUT2D eigenvalue weighted by Gasteiger charge is 2.11. The van der Waals surface area contributed by atoms with Gasteiger partial charge in [-0.1, -0.05) is 49.1 Å². The maximum Gasteiger partial charge on any atom is 0.264 e. The van der Waals surface area contributed by atoms with E-state index in [-0.39, 0.29) is 12.5 Å². The highest BCUT2D eigenvalue weighted by Crippen LogP contribution is 2.31. The minimum Gasteiger partial charge on any atom is -0.484 e. The van der Waals surface area contributed by atoms with E-state index in [0.717, 1.165) is 9.90 Å². The molecule has 0 radical (unpaired) electrons. The second-order valence-electron chi connectivity index (χ2n) is 5.40. The summed E-state index contributed by atoms with van der Waals surface area (Å²) in [6, 6.07) is 9.82. The van der Waals surface area contributed by atoms with Crippen LogP contribution in [-0.4, -0.2) is 23.3 Å². The molecule has 0 spiro atoms. The van der Waals surface area contributed by atoms with Crippen molar-refractivity contribution in [2.45, 2.75) is 30.9 Å². The predicted octanol–water partition coefficient (Wildman–Crippen LogP) is 4.21. The fraction of sp³-hybridized carbons (Fsp3) is 0.353. The van der Waals surface area contributed by atoms with E-state index in [2.05, 4.69) is 30.2 Å². The van der Waals surface area contributed by atoms with E-state index in [1.807, 2.05) is 31.2 Å². The molecule has 126 valence electrons. The van der Waals surface area contributed by atoms with E-state index in [1.54, 1.807) is 0 Å². The molecule has 5 nitrogen and oxygen atoms in total. The van der Waals surface area contributed by atoms with Crippen molar-refractivity contribution in [3.05, 3.63) is 35.5 Å². The van der Waals surface area contributed by atoms with Crippen molar-refractivity contribution in [3.8, 4) is 11.8 Å². The number of nitriles is 1. The average molecular weight is 361 g/mol. The molecule has 2 rings (SSSR count). The largest absolute Gasteiger partial charge is 0.484 e. The lowest BCUT2D eigenvalue weighted by atomic mass is 10.0. The Morgan fingerprint density at radius 1 is 1.50 bits per heavy atom. The van der Waals surface area contributed by atoms with E-state index in [0.29, 0.717) is 22.6 Å². The zero-order valence-electron chi connectivity index (χ0n) is 13.8. The van der Waals surface area contributed by atoms with Gasteiger partial charge in [0.2, 0.25) is 0 Å². The standard InChI is InChI=1S/C17H19N3O2S2/c1-11(2)13-5-4-6-14(9-13)22-10-15(21)20-17-19-12(3)16(24-17)23-8-7-18/h4-6,9,11H,8,10H2,1-3H3,(H,19,20,21). The van der Waals surface area contributed by atoms with Crippen LogP contribution in [0.1, 0.15) is 31.0 Å². The van der Waals surface area contributed by atoms with E-state index < -0.39 is 0 Å². The Labute approximate surface area is 150 Å². The number of aromatic nitrogens is 1. The van der Waals surface area contributed by atoms with Gasteiger partial charge in [-0.05, 0) is 30.5 Å². The summed E-state index contributed by atoms with van der Waals surface area (Å²) in [7, 11) is 0. The number of thiazole rings is 1. The second-order valence-corrected chi connectivity index (χ2v) is 7.65. The monoisotopic (exact) mass is 361 g/mol. The van der Waals surface area contributed by atoms with Gasteiger partial charge < -0.3 is 4.74 Å². The van der Waals surface area contributed by atoms with Gasteiger partial charge in [0.25, 0.3) is 5.91 Å². The van der Waals surface area contributed by atoms with Crippen molar-refractivity contribution in [2.24, 2.45) is 0 Å². The minimum absolute atomic E-state index is 0.0686. The van der Waals surface area contributed by atoms with Gasteiger partial charge in [0, 0.05) is 0 Å². The molecule has 1 amide bonds. The molecule has 0 saturated carbocycles. The fourth-order valence-electron chi connectivity index (χ4n) is 1.94. The molecule has 7 heteroatoms. The van der Waals surface area contributed by atoms with Crippen molar-refractivity contribution in [1.29, 1.82) is 5.26 Å². The molecule has 0 atom stereocenters. The summed E-state index contributed by atoms with van der Waals surface area (Å²) in [5, 5.41) is 11.9. The van der Waals surface area contributed by atoms with Gasteiger partial charge in [0.05, 0.1) is 21.7 Å². The summed E-state index contributed by atoms with van der Waals surface area (Å²) in [4.78, 5) is 16.3. The zero-order valence-corrected chi connectivity index (χ0v) is 15.5. The molecule has 1 aromatic carbocycles.